The molecule has 0 bridgehead atoms. The molecule has 7 nitrogen and oxygen atoms in total. The first-order valence-corrected chi connectivity index (χ1v) is 8.34. The Balaban J connectivity index is 1.62. The van der Waals surface area contributed by atoms with Crippen molar-refractivity contribution in [3.8, 4) is 0 Å². The van der Waals surface area contributed by atoms with Crippen molar-refractivity contribution in [3.63, 3.8) is 0 Å². The number of nitrogens with zero attached hydrogens (tertiary/aromatic N) is 2. The molecule has 3 rings (SSSR count). The smallest absolute Gasteiger partial charge is 0.308 e. The number of carboxylic acids is 1. The molecule has 2 atom stereocenters. The molecule has 0 aliphatic carbocycles. The first kappa shape index (κ1) is 17.1. The van der Waals surface area contributed by atoms with Crippen molar-refractivity contribution in [2.45, 2.75) is 19.8 Å². The number of amides is 3. The van der Waals surface area contributed by atoms with E-state index in [1.807, 2.05) is 6.92 Å². The van der Waals surface area contributed by atoms with Gasteiger partial charge in [-0.2, -0.15) is 0 Å². The Morgan fingerprint density at radius 1 is 1.12 bits per heavy atom. The molecule has 0 aromatic heterocycles. The highest BCUT2D eigenvalue weighted by Crippen LogP contribution is 2.24. The van der Waals surface area contributed by atoms with Crippen LogP contribution in [0, 0.1) is 11.8 Å². The summed E-state index contributed by atoms with van der Waals surface area (Å²) >= 11 is 0. The van der Waals surface area contributed by atoms with Gasteiger partial charge in [0.15, 0.2) is 0 Å². The summed E-state index contributed by atoms with van der Waals surface area (Å²) in [4.78, 5) is 50.9. The van der Waals surface area contributed by atoms with Crippen LogP contribution >= 0.6 is 0 Å². The van der Waals surface area contributed by atoms with Crippen molar-refractivity contribution in [3.05, 3.63) is 35.4 Å². The molecule has 1 aromatic carbocycles. The van der Waals surface area contributed by atoms with E-state index in [1.165, 1.54) is 4.90 Å². The van der Waals surface area contributed by atoms with Crippen LogP contribution in [0.5, 0.6) is 0 Å². The highest BCUT2D eigenvalue weighted by atomic mass is 16.4. The molecular formula is C18H20N2O5. The minimum atomic E-state index is -0.898. The van der Waals surface area contributed by atoms with Gasteiger partial charge in [0.1, 0.15) is 0 Å². The van der Waals surface area contributed by atoms with Gasteiger partial charge in [0.05, 0.1) is 17.0 Å². The minimum absolute atomic E-state index is 0.00449. The average Bonchev–Trinajstić information content (AvgIpc) is 2.83. The van der Waals surface area contributed by atoms with Gasteiger partial charge in [-0.1, -0.05) is 19.1 Å². The zero-order chi connectivity index (χ0) is 18.1. The molecule has 2 unspecified atom stereocenters. The Hall–Kier alpha value is -2.70. The third-order valence-corrected chi connectivity index (χ3v) is 4.79. The molecule has 0 saturated carbocycles. The average molecular weight is 344 g/mol. The number of carbonyl (C=O) groups excluding carboxylic acids is 3. The Labute approximate surface area is 145 Å². The van der Waals surface area contributed by atoms with Crippen molar-refractivity contribution in [2.75, 3.05) is 19.6 Å². The van der Waals surface area contributed by atoms with E-state index in [9.17, 15) is 24.3 Å². The van der Waals surface area contributed by atoms with Gasteiger partial charge in [0.2, 0.25) is 5.91 Å². The first-order chi connectivity index (χ1) is 11.9. The van der Waals surface area contributed by atoms with Crippen molar-refractivity contribution in [1.82, 2.24) is 9.80 Å². The Morgan fingerprint density at radius 3 is 2.28 bits per heavy atom. The predicted molar refractivity (Wildman–Crippen MR) is 87.9 cm³/mol. The van der Waals surface area contributed by atoms with E-state index in [2.05, 4.69) is 0 Å². The quantitative estimate of drug-likeness (QED) is 0.829. The van der Waals surface area contributed by atoms with E-state index in [4.69, 9.17) is 0 Å². The van der Waals surface area contributed by atoms with Crippen LogP contribution in [0.3, 0.4) is 0 Å². The molecule has 1 saturated heterocycles. The van der Waals surface area contributed by atoms with Gasteiger partial charge in [0, 0.05) is 26.1 Å². The Kier molecular flexibility index (Phi) is 4.57. The van der Waals surface area contributed by atoms with Gasteiger partial charge >= 0.3 is 5.97 Å². The lowest BCUT2D eigenvalue weighted by Crippen LogP contribution is -2.46. The molecule has 0 radical (unpaired) electrons. The summed E-state index contributed by atoms with van der Waals surface area (Å²) in [7, 11) is 0. The van der Waals surface area contributed by atoms with Crippen LogP contribution in [0.2, 0.25) is 0 Å². The fourth-order valence-electron chi connectivity index (χ4n) is 3.54. The standard InChI is InChI=1S/C18H20N2O5/c1-11-8-12(18(24)25)10-19(9-11)15(21)6-7-20-16(22)13-4-2-3-5-14(13)17(20)23/h2-5,11-12H,6-10H2,1H3,(H,24,25). The van der Waals surface area contributed by atoms with E-state index in [1.54, 1.807) is 24.3 Å². The SMILES string of the molecule is CC1CC(C(=O)O)CN(C(=O)CCN2C(=O)c3ccccc3C2=O)C1. The number of fused-ring (bicyclic) bond motifs is 1. The number of hydrogen-bond acceptors (Lipinski definition) is 4. The summed E-state index contributed by atoms with van der Waals surface area (Å²) in [6.07, 6.45) is 0.558. The summed E-state index contributed by atoms with van der Waals surface area (Å²) in [6.45, 7) is 2.61. The Bertz CT molecular complexity index is 710. The molecule has 1 fully saturated rings. The molecule has 3 amide bonds. The molecule has 1 N–H and O–H groups in total. The molecule has 2 aliphatic rings. The zero-order valence-corrected chi connectivity index (χ0v) is 14.0. The van der Waals surface area contributed by atoms with Gasteiger partial charge in [-0.05, 0) is 24.5 Å². The molecule has 7 heteroatoms. The lowest BCUT2D eigenvalue weighted by atomic mass is 9.90. The number of carbonyl (C=O) groups is 4. The van der Waals surface area contributed by atoms with E-state index in [0.29, 0.717) is 24.1 Å². The Morgan fingerprint density at radius 2 is 1.72 bits per heavy atom. The maximum atomic E-state index is 12.4. The third-order valence-electron chi connectivity index (χ3n) is 4.79. The van der Waals surface area contributed by atoms with Gasteiger partial charge in [-0.15, -0.1) is 0 Å². The summed E-state index contributed by atoms with van der Waals surface area (Å²) in [6, 6.07) is 6.59. The normalized spacial score (nSPS) is 22.9. The van der Waals surface area contributed by atoms with Crippen LogP contribution in [-0.4, -0.2) is 58.2 Å². The minimum Gasteiger partial charge on any atom is -0.481 e. The number of imide groups is 1. The zero-order valence-electron chi connectivity index (χ0n) is 14.0. The van der Waals surface area contributed by atoms with Gasteiger partial charge in [-0.25, -0.2) is 0 Å². The van der Waals surface area contributed by atoms with Crippen molar-refractivity contribution >= 4 is 23.7 Å². The van der Waals surface area contributed by atoms with Crippen molar-refractivity contribution in [2.24, 2.45) is 11.8 Å². The molecule has 25 heavy (non-hydrogen) atoms. The molecule has 1 aromatic rings. The van der Waals surface area contributed by atoms with E-state index in [0.717, 1.165) is 4.90 Å². The molecule has 132 valence electrons. The highest BCUT2D eigenvalue weighted by Gasteiger charge is 2.36. The molecule has 2 heterocycles. The number of rotatable bonds is 4. The monoisotopic (exact) mass is 344 g/mol. The van der Waals surface area contributed by atoms with E-state index >= 15 is 0 Å². The van der Waals surface area contributed by atoms with Crippen LogP contribution < -0.4 is 0 Å². The number of piperidine rings is 1. The van der Waals surface area contributed by atoms with Crippen LogP contribution in [0.25, 0.3) is 0 Å². The first-order valence-electron chi connectivity index (χ1n) is 8.34. The summed E-state index contributed by atoms with van der Waals surface area (Å²) in [5.74, 6) is -2.35. The fraction of sp³-hybridized carbons (Fsp3) is 0.444. The number of carboxylic acid groups (broad SMARTS) is 1. The second-order valence-electron chi connectivity index (χ2n) is 6.73. The highest BCUT2D eigenvalue weighted by molar-refractivity contribution is 6.21. The second kappa shape index (κ2) is 6.66. The fourth-order valence-corrected chi connectivity index (χ4v) is 3.54. The lowest BCUT2D eigenvalue weighted by Gasteiger charge is -2.35. The molecule has 0 spiro atoms. The van der Waals surface area contributed by atoms with E-state index < -0.39 is 11.9 Å². The number of likely N-dealkylation sites (tertiary alicyclic amines) is 1. The largest absolute Gasteiger partial charge is 0.481 e. The number of benzene rings is 1. The van der Waals surface area contributed by atoms with Crippen LogP contribution in [0.4, 0.5) is 0 Å². The van der Waals surface area contributed by atoms with Crippen molar-refractivity contribution < 1.29 is 24.3 Å². The molecule has 2 aliphatic heterocycles. The maximum Gasteiger partial charge on any atom is 0.308 e. The van der Waals surface area contributed by atoms with Gasteiger partial charge < -0.3 is 10.0 Å². The van der Waals surface area contributed by atoms with Crippen molar-refractivity contribution in [1.29, 1.82) is 0 Å². The number of aliphatic carboxylic acids is 1. The van der Waals surface area contributed by atoms with Crippen LogP contribution in [0.15, 0.2) is 24.3 Å². The van der Waals surface area contributed by atoms with E-state index in [-0.39, 0.29) is 43.1 Å². The predicted octanol–water partition coefficient (Wildman–Crippen LogP) is 1.24. The third kappa shape index (κ3) is 3.26. The summed E-state index contributed by atoms with van der Waals surface area (Å²) in [5.41, 5.74) is 0.718. The molecular weight excluding hydrogens is 324 g/mol. The van der Waals surface area contributed by atoms with Crippen LogP contribution in [0.1, 0.15) is 40.5 Å². The van der Waals surface area contributed by atoms with Crippen LogP contribution in [-0.2, 0) is 9.59 Å². The maximum absolute atomic E-state index is 12.4. The second-order valence-corrected chi connectivity index (χ2v) is 6.73. The summed E-state index contributed by atoms with van der Waals surface area (Å²) in [5, 5.41) is 9.19. The van der Waals surface area contributed by atoms with Gasteiger partial charge in [0.25, 0.3) is 11.8 Å². The lowest BCUT2D eigenvalue weighted by molar-refractivity contribution is -0.146. The summed E-state index contributed by atoms with van der Waals surface area (Å²) < 4.78 is 0. The van der Waals surface area contributed by atoms with Gasteiger partial charge in [-0.3, -0.25) is 24.1 Å². The topological polar surface area (TPSA) is 95.0 Å². The number of hydrogen-bond donors (Lipinski definition) is 1.